The lowest BCUT2D eigenvalue weighted by Gasteiger charge is -2.20. The van der Waals surface area contributed by atoms with E-state index in [1.54, 1.807) is 0 Å². The Morgan fingerprint density at radius 3 is 2.24 bits per heavy atom. The number of aliphatic hydroxyl groups is 1. The summed E-state index contributed by atoms with van der Waals surface area (Å²) in [7, 11) is 0. The highest BCUT2D eigenvalue weighted by molar-refractivity contribution is 5.28. The molecule has 1 rings (SSSR count). The van der Waals surface area contributed by atoms with Crippen LogP contribution in [0.5, 0.6) is 0 Å². The molecule has 0 fully saturated rings. The summed E-state index contributed by atoms with van der Waals surface area (Å²) in [4.78, 5) is 0. The summed E-state index contributed by atoms with van der Waals surface area (Å²) in [5, 5.41) is 9.97. The van der Waals surface area contributed by atoms with E-state index in [-0.39, 0.29) is 5.41 Å². The molecule has 17 heavy (non-hydrogen) atoms. The number of hydrogen-bond acceptors (Lipinski definition) is 1. The summed E-state index contributed by atoms with van der Waals surface area (Å²) in [5.41, 5.74) is 2.44. The molecule has 1 atom stereocenters. The lowest BCUT2D eigenvalue weighted by atomic mass is 9.86. The van der Waals surface area contributed by atoms with Gasteiger partial charge in [-0.05, 0) is 29.9 Å². The van der Waals surface area contributed by atoms with Gasteiger partial charge in [-0.15, -0.1) is 11.8 Å². The molecule has 1 N–H and O–H groups in total. The topological polar surface area (TPSA) is 20.2 Å². The van der Waals surface area contributed by atoms with Gasteiger partial charge in [-0.3, -0.25) is 0 Å². The molecule has 1 heteroatoms. The first-order valence-corrected chi connectivity index (χ1v) is 6.13. The second-order valence-corrected chi connectivity index (χ2v) is 5.35. The van der Waals surface area contributed by atoms with Crippen molar-refractivity contribution in [2.45, 2.75) is 52.1 Å². The maximum Gasteiger partial charge on any atom is 0.0799 e. The van der Waals surface area contributed by atoms with Crippen LogP contribution in [0.25, 0.3) is 0 Å². The van der Waals surface area contributed by atoms with Crippen molar-refractivity contribution in [2.75, 3.05) is 0 Å². The van der Waals surface area contributed by atoms with Gasteiger partial charge in [0.25, 0.3) is 0 Å². The van der Waals surface area contributed by atoms with Crippen LogP contribution in [0, 0.1) is 11.8 Å². The predicted molar refractivity (Wildman–Crippen MR) is 72.8 cm³/mol. The normalized spacial score (nSPS) is 12.8. The Kier molecular flexibility index (Phi) is 4.78. The molecule has 0 aliphatic heterocycles. The van der Waals surface area contributed by atoms with Crippen LogP contribution in [-0.2, 0) is 5.41 Å². The quantitative estimate of drug-likeness (QED) is 0.783. The third-order valence-corrected chi connectivity index (χ3v) is 2.88. The van der Waals surface area contributed by atoms with Crippen molar-refractivity contribution in [3.63, 3.8) is 0 Å². The van der Waals surface area contributed by atoms with Crippen molar-refractivity contribution in [3.05, 3.63) is 35.4 Å². The van der Waals surface area contributed by atoms with Crippen molar-refractivity contribution in [1.82, 2.24) is 0 Å². The third-order valence-electron chi connectivity index (χ3n) is 2.88. The first-order valence-electron chi connectivity index (χ1n) is 6.13. The maximum absolute atomic E-state index is 9.97. The standard InChI is InChI=1S/C16H22O/c1-5-6-7-8-15(17)13-9-11-14(12-10-13)16(2,3)4/h9-12,15,17H,7-8H2,1-4H3. The minimum Gasteiger partial charge on any atom is -0.388 e. The minimum atomic E-state index is -0.398. The number of benzene rings is 1. The second kappa shape index (κ2) is 5.89. The molecule has 1 nitrogen and oxygen atoms in total. The largest absolute Gasteiger partial charge is 0.388 e. The molecule has 0 saturated heterocycles. The summed E-state index contributed by atoms with van der Waals surface area (Å²) in [6.07, 6.45) is 1.05. The van der Waals surface area contributed by atoms with Crippen molar-refractivity contribution >= 4 is 0 Å². The van der Waals surface area contributed by atoms with E-state index >= 15 is 0 Å². The number of hydrogen-bond donors (Lipinski definition) is 1. The molecule has 0 saturated carbocycles. The van der Waals surface area contributed by atoms with Gasteiger partial charge in [0.05, 0.1) is 6.10 Å². The van der Waals surface area contributed by atoms with Crippen LogP contribution in [0.15, 0.2) is 24.3 Å². The molecular weight excluding hydrogens is 208 g/mol. The fourth-order valence-corrected chi connectivity index (χ4v) is 1.71. The van der Waals surface area contributed by atoms with E-state index in [0.717, 1.165) is 12.0 Å². The first kappa shape index (κ1) is 13.8. The highest BCUT2D eigenvalue weighted by Crippen LogP contribution is 2.25. The Bertz CT molecular complexity index is 398. The Morgan fingerprint density at radius 1 is 1.18 bits per heavy atom. The highest BCUT2D eigenvalue weighted by Gasteiger charge is 2.14. The van der Waals surface area contributed by atoms with E-state index < -0.39 is 6.10 Å². The average Bonchev–Trinajstić information content (AvgIpc) is 2.28. The smallest absolute Gasteiger partial charge is 0.0799 e. The molecule has 92 valence electrons. The van der Waals surface area contributed by atoms with Crippen LogP contribution >= 0.6 is 0 Å². The summed E-state index contributed by atoms with van der Waals surface area (Å²) >= 11 is 0. The molecule has 1 aromatic rings. The van der Waals surface area contributed by atoms with Crippen molar-refractivity contribution < 1.29 is 5.11 Å². The van der Waals surface area contributed by atoms with Crippen LogP contribution < -0.4 is 0 Å². The van der Waals surface area contributed by atoms with Gasteiger partial charge in [0.15, 0.2) is 0 Å². The Hall–Kier alpha value is -1.26. The molecular formula is C16H22O. The Balaban J connectivity index is 2.69. The van der Waals surface area contributed by atoms with Crippen molar-refractivity contribution in [1.29, 1.82) is 0 Å². The molecule has 0 spiro atoms. The van der Waals surface area contributed by atoms with Gasteiger partial charge in [-0.2, -0.15) is 0 Å². The predicted octanol–water partition coefficient (Wildman–Crippen LogP) is 3.82. The fourth-order valence-electron chi connectivity index (χ4n) is 1.71. The number of aliphatic hydroxyl groups excluding tert-OH is 1. The van der Waals surface area contributed by atoms with Crippen LogP contribution in [0.4, 0.5) is 0 Å². The molecule has 0 aliphatic rings. The molecule has 0 radical (unpaired) electrons. The lowest BCUT2D eigenvalue weighted by Crippen LogP contribution is -2.11. The summed E-state index contributed by atoms with van der Waals surface area (Å²) in [5.74, 6) is 5.82. The summed E-state index contributed by atoms with van der Waals surface area (Å²) in [6, 6.07) is 8.24. The lowest BCUT2D eigenvalue weighted by molar-refractivity contribution is 0.169. The molecule has 0 bridgehead atoms. The summed E-state index contributed by atoms with van der Waals surface area (Å²) < 4.78 is 0. The van der Waals surface area contributed by atoms with Gasteiger partial charge in [0, 0.05) is 6.42 Å². The maximum atomic E-state index is 9.97. The van der Waals surface area contributed by atoms with E-state index in [2.05, 4.69) is 44.7 Å². The van der Waals surface area contributed by atoms with Crippen molar-refractivity contribution in [3.8, 4) is 11.8 Å². The molecule has 0 aliphatic carbocycles. The van der Waals surface area contributed by atoms with Gasteiger partial charge < -0.3 is 5.11 Å². The van der Waals surface area contributed by atoms with E-state index in [1.807, 2.05) is 19.1 Å². The Morgan fingerprint density at radius 2 is 1.76 bits per heavy atom. The minimum absolute atomic E-state index is 0.164. The SMILES string of the molecule is CC#CCCC(O)c1ccc(C(C)(C)C)cc1. The number of rotatable bonds is 3. The zero-order chi connectivity index (χ0) is 12.9. The monoisotopic (exact) mass is 230 g/mol. The van der Waals surface area contributed by atoms with Crippen LogP contribution in [-0.4, -0.2) is 5.11 Å². The average molecular weight is 230 g/mol. The summed E-state index contributed by atoms with van der Waals surface area (Å²) in [6.45, 7) is 8.39. The van der Waals surface area contributed by atoms with Gasteiger partial charge in [0.1, 0.15) is 0 Å². The van der Waals surface area contributed by atoms with Crippen molar-refractivity contribution in [2.24, 2.45) is 0 Å². The van der Waals surface area contributed by atoms with E-state index in [4.69, 9.17) is 0 Å². The van der Waals surface area contributed by atoms with Gasteiger partial charge in [-0.25, -0.2) is 0 Å². The first-order chi connectivity index (χ1) is 7.95. The van der Waals surface area contributed by atoms with E-state index in [1.165, 1.54) is 5.56 Å². The molecule has 0 aromatic heterocycles. The van der Waals surface area contributed by atoms with E-state index in [9.17, 15) is 5.11 Å². The molecule has 1 aromatic carbocycles. The van der Waals surface area contributed by atoms with E-state index in [0.29, 0.717) is 6.42 Å². The zero-order valence-corrected chi connectivity index (χ0v) is 11.2. The molecule has 0 heterocycles. The zero-order valence-electron chi connectivity index (χ0n) is 11.2. The third kappa shape index (κ3) is 4.24. The fraction of sp³-hybridized carbons (Fsp3) is 0.500. The van der Waals surface area contributed by atoms with Gasteiger partial charge in [-0.1, -0.05) is 45.0 Å². The molecule has 0 amide bonds. The second-order valence-electron chi connectivity index (χ2n) is 5.35. The Labute approximate surface area is 105 Å². The van der Waals surface area contributed by atoms with Crippen LogP contribution in [0.2, 0.25) is 0 Å². The molecule has 1 unspecified atom stereocenters. The van der Waals surface area contributed by atoms with Gasteiger partial charge in [0.2, 0.25) is 0 Å². The van der Waals surface area contributed by atoms with Crippen LogP contribution in [0.1, 0.15) is 57.8 Å². The highest BCUT2D eigenvalue weighted by atomic mass is 16.3. The van der Waals surface area contributed by atoms with Crippen LogP contribution in [0.3, 0.4) is 0 Å². The van der Waals surface area contributed by atoms with Gasteiger partial charge >= 0.3 is 0 Å².